The van der Waals surface area contributed by atoms with E-state index >= 15 is 0 Å². The molecule has 0 aromatic heterocycles. The zero-order valence-corrected chi connectivity index (χ0v) is 11.7. The first-order valence-corrected chi connectivity index (χ1v) is 7.44. The Hall–Kier alpha value is -0.570. The lowest BCUT2D eigenvalue weighted by atomic mass is 9.47. The molecule has 0 spiro atoms. The van der Waals surface area contributed by atoms with E-state index in [2.05, 4.69) is 0 Å². The Morgan fingerprint density at radius 1 is 1.17 bits per heavy atom. The molecule has 0 aromatic carbocycles. The predicted octanol–water partition coefficient (Wildman–Crippen LogP) is 2.01. The third-order valence-corrected chi connectivity index (χ3v) is 5.77. The average molecular weight is 250 g/mol. The van der Waals surface area contributed by atoms with Crippen LogP contribution in [0.25, 0.3) is 0 Å². The fraction of sp³-hybridized carbons (Fsp3) is 0.933. The lowest BCUT2D eigenvalue weighted by Crippen LogP contribution is -2.55. The molecule has 1 atom stereocenters. The van der Waals surface area contributed by atoms with E-state index in [-0.39, 0.29) is 11.9 Å². The van der Waals surface area contributed by atoms with Crippen LogP contribution in [0.3, 0.4) is 0 Å². The van der Waals surface area contributed by atoms with E-state index < -0.39 is 0 Å². The molecule has 1 unspecified atom stereocenters. The van der Waals surface area contributed by atoms with Gasteiger partial charge in [0.15, 0.2) is 0 Å². The highest BCUT2D eigenvalue weighted by molar-refractivity contribution is 5.76. The number of rotatable bonds is 3. The van der Waals surface area contributed by atoms with Gasteiger partial charge in [-0.25, -0.2) is 0 Å². The Kier molecular flexibility index (Phi) is 2.92. The molecular weight excluding hydrogens is 224 g/mol. The van der Waals surface area contributed by atoms with Crippen molar-refractivity contribution in [2.45, 2.75) is 51.0 Å². The summed E-state index contributed by atoms with van der Waals surface area (Å²) in [5, 5.41) is 0. The number of hydrogen-bond acceptors (Lipinski definition) is 2. The topological polar surface area (TPSA) is 46.3 Å². The summed E-state index contributed by atoms with van der Waals surface area (Å²) in [6, 6.07) is 0.0841. The quantitative estimate of drug-likeness (QED) is 0.833. The minimum absolute atomic E-state index is 0.0841. The second-order valence-electron chi connectivity index (χ2n) is 7.38. The van der Waals surface area contributed by atoms with E-state index in [0.29, 0.717) is 11.8 Å². The van der Waals surface area contributed by atoms with Crippen LogP contribution in [-0.4, -0.2) is 30.9 Å². The highest BCUT2D eigenvalue weighted by atomic mass is 16.2. The summed E-state index contributed by atoms with van der Waals surface area (Å²) < 4.78 is 0. The van der Waals surface area contributed by atoms with E-state index in [1.54, 1.807) is 4.90 Å². The molecule has 2 N–H and O–H groups in total. The second-order valence-corrected chi connectivity index (χ2v) is 7.38. The molecule has 0 aliphatic heterocycles. The SMILES string of the molecule is CN(C)C(=O)CC(N)C12CC3CC(CC(C3)C1)C2. The standard InChI is InChI=1S/C15H26N2O/c1-17(2)14(18)6-13(16)15-7-10-3-11(8-15)5-12(4-10)9-15/h10-13H,3-9,16H2,1-2H3. The van der Waals surface area contributed by atoms with Crippen molar-refractivity contribution in [1.82, 2.24) is 4.90 Å². The summed E-state index contributed by atoms with van der Waals surface area (Å²) in [5.41, 5.74) is 6.77. The Morgan fingerprint density at radius 3 is 2.00 bits per heavy atom. The van der Waals surface area contributed by atoms with Gasteiger partial charge in [0.25, 0.3) is 0 Å². The Labute approximate surface area is 110 Å². The molecule has 0 heterocycles. The van der Waals surface area contributed by atoms with Gasteiger partial charge in [0.2, 0.25) is 5.91 Å². The van der Waals surface area contributed by atoms with Crippen molar-refractivity contribution >= 4 is 5.91 Å². The fourth-order valence-electron chi connectivity index (χ4n) is 5.22. The fourth-order valence-corrected chi connectivity index (χ4v) is 5.22. The maximum Gasteiger partial charge on any atom is 0.223 e. The molecule has 3 heteroatoms. The molecule has 4 rings (SSSR count). The first-order chi connectivity index (χ1) is 8.48. The van der Waals surface area contributed by atoms with Crippen LogP contribution in [0, 0.1) is 23.2 Å². The molecular formula is C15H26N2O. The number of carbonyl (C=O) groups excluding carboxylic acids is 1. The van der Waals surface area contributed by atoms with Gasteiger partial charge < -0.3 is 10.6 Å². The van der Waals surface area contributed by atoms with Crippen LogP contribution in [-0.2, 0) is 4.79 Å². The Balaban J connectivity index is 1.73. The van der Waals surface area contributed by atoms with Crippen molar-refractivity contribution in [3.05, 3.63) is 0 Å². The summed E-state index contributed by atoms with van der Waals surface area (Å²) >= 11 is 0. The molecule has 4 aliphatic carbocycles. The zero-order valence-electron chi connectivity index (χ0n) is 11.7. The van der Waals surface area contributed by atoms with Crippen molar-refractivity contribution in [3.8, 4) is 0 Å². The minimum atomic E-state index is 0.0841. The predicted molar refractivity (Wildman–Crippen MR) is 71.9 cm³/mol. The largest absolute Gasteiger partial charge is 0.349 e. The van der Waals surface area contributed by atoms with Gasteiger partial charge in [0.05, 0.1) is 0 Å². The summed E-state index contributed by atoms with van der Waals surface area (Å²) in [4.78, 5) is 13.6. The average Bonchev–Trinajstić information content (AvgIpc) is 2.26. The Morgan fingerprint density at radius 2 is 1.61 bits per heavy atom. The first kappa shape index (κ1) is 12.5. The first-order valence-electron chi connectivity index (χ1n) is 7.44. The van der Waals surface area contributed by atoms with Gasteiger partial charge in [0, 0.05) is 26.6 Å². The molecule has 4 fully saturated rings. The molecule has 102 valence electrons. The molecule has 1 amide bonds. The van der Waals surface area contributed by atoms with E-state index in [1.165, 1.54) is 38.5 Å². The van der Waals surface area contributed by atoms with Crippen LogP contribution >= 0.6 is 0 Å². The van der Waals surface area contributed by atoms with Gasteiger partial charge in [0.1, 0.15) is 0 Å². The summed E-state index contributed by atoms with van der Waals surface area (Å²) in [5.74, 6) is 2.93. The van der Waals surface area contributed by atoms with Gasteiger partial charge in [-0.05, 0) is 61.7 Å². The smallest absolute Gasteiger partial charge is 0.223 e. The molecule has 4 aliphatic rings. The van der Waals surface area contributed by atoms with Gasteiger partial charge >= 0.3 is 0 Å². The third-order valence-electron chi connectivity index (χ3n) is 5.77. The van der Waals surface area contributed by atoms with Crippen LogP contribution in [0.15, 0.2) is 0 Å². The Bertz CT molecular complexity index is 315. The lowest BCUT2D eigenvalue weighted by molar-refractivity contribution is -0.132. The van der Waals surface area contributed by atoms with E-state index in [9.17, 15) is 4.79 Å². The van der Waals surface area contributed by atoms with Crippen molar-refractivity contribution in [2.24, 2.45) is 28.9 Å². The van der Waals surface area contributed by atoms with Crippen molar-refractivity contribution in [3.63, 3.8) is 0 Å². The van der Waals surface area contributed by atoms with Crippen molar-refractivity contribution in [2.75, 3.05) is 14.1 Å². The summed E-state index contributed by atoms with van der Waals surface area (Å²) in [7, 11) is 3.66. The monoisotopic (exact) mass is 250 g/mol. The minimum Gasteiger partial charge on any atom is -0.349 e. The molecule has 0 radical (unpaired) electrons. The van der Waals surface area contributed by atoms with Crippen molar-refractivity contribution in [1.29, 1.82) is 0 Å². The van der Waals surface area contributed by atoms with Gasteiger partial charge in [-0.2, -0.15) is 0 Å². The number of carbonyl (C=O) groups is 1. The van der Waals surface area contributed by atoms with Crippen LogP contribution in [0.4, 0.5) is 0 Å². The molecule has 4 bridgehead atoms. The van der Waals surface area contributed by atoms with Crippen LogP contribution in [0.5, 0.6) is 0 Å². The number of nitrogens with two attached hydrogens (primary N) is 1. The number of hydrogen-bond donors (Lipinski definition) is 1. The maximum absolute atomic E-state index is 11.9. The molecule has 18 heavy (non-hydrogen) atoms. The molecule has 0 saturated heterocycles. The van der Waals surface area contributed by atoms with Crippen LogP contribution in [0.1, 0.15) is 44.9 Å². The second kappa shape index (κ2) is 4.22. The van der Waals surface area contributed by atoms with Gasteiger partial charge in [-0.3, -0.25) is 4.79 Å². The molecule has 4 saturated carbocycles. The summed E-state index contributed by atoms with van der Waals surface area (Å²) in [6.07, 6.45) is 8.73. The lowest BCUT2D eigenvalue weighted by Gasteiger charge is -2.59. The molecule has 3 nitrogen and oxygen atoms in total. The highest BCUT2D eigenvalue weighted by Crippen LogP contribution is 2.61. The maximum atomic E-state index is 11.9. The summed E-state index contributed by atoms with van der Waals surface area (Å²) in [6.45, 7) is 0. The number of amides is 1. The van der Waals surface area contributed by atoms with Crippen molar-refractivity contribution < 1.29 is 4.79 Å². The van der Waals surface area contributed by atoms with Gasteiger partial charge in [-0.1, -0.05) is 0 Å². The van der Waals surface area contributed by atoms with E-state index in [1.807, 2.05) is 14.1 Å². The van der Waals surface area contributed by atoms with E-state index in [4.69, 9.17) is 5.73 Å². The van der Waals surface area contributed by atoms with Gasteiger partial charge in [-0.15, -0.1) is 0 Å². The van der Waals surface area contributed by atoms with Crippen LogP contribution < -0.4 is 5.73 Å². The molecule has 0 aromatic rings. The third kappa shape index (κ3) is 1.97. The van der Waals surface area contributed by atoms with Crippen LogP contribution in [0.2, 0.25) is 0 Å². The zero-order chi connectivity index (χ0) is 12.9. The highest BCUT2D eigenvalue weighted by Gasteiger charge is 2.53. The van der Waals surface area contributed by atoms with E-state index in [0.717, 1.165) is 17.8 Å². The number of nitrogens with zero attached hydrogens (tertiary/aromatic N) is 1. The normalized spacial score (nSPS) is 42.9.